The lowest BCUT2D eigenvalue weighted by molar-refractivity contribution is -0.141. The molecule has 2 N–H and O–H groups in total. The van der Waals surface area contributed by atoms with Gasteiger partial charge < -0.3 is 15.4 Å². The Morgan fingerprint density at radius 1 is 1.24 bits per heavy atom. The molecule has 1 aliphatic carbocycles. The van der Waals surface area contributed by atoms with Gasteiger partial charge in [0, 0.05) is 19.0 Å². The number of aryl methyl sites for hydroxylation is 2. The Kier molecular flexibility index (Phi) is 5.37. The number of carbonyl (C=O) groups is 1. The number of ether oxygens (including phenoxy) is 1. The average Bonchev–Trinajstić information content (AvgIpc) is 3.05. The summed E-state index contributed by atoms with van der Waals surface area (Å²) < 4.78 is 5.25. The van der Waals surface area contributed by atoms with Gasteiger partial charge in [-0.3, -0.25) is 4.79 Å². The number of carbonyl (C=O) groups excluding carboxylic acids is 1. The molecule has 0 spiro atoms. The Balaban J connectivity index is 1.51. The van der Waals surface area contributed by atoms with Crippen molar-refractivity contribution in [1.29, 1.82) is 0 Å². The molecule has 0 unspecified atom stereocenters. The number of hydrogen-bond donors (Lipinski definition) is 1. The van der Waals surface area contributed by atoms with Crippen LogP contribution in [-0.4, -0.2) is 40.8 Å². The number of thioether (sulfide) groups is 1. The molecular formula is C17H21N5O2S. The highest BCUT2D eigenvalue weighted by atomic mass is 32.2. The van der Waals surface area contributed by atoms with E-state index >= 15 is 0 Å². The molecule has 0 saturated heterocycles. The second-order valence-electron chi connectivity index (χ2n) is 6.04. The van der Waals surface area contributed by atoms with Crippen LogP contribution in [0.15, 0.2) is 23.1 Å². The van der Waals surface area contributed by atoms with Crippen LogP contribution in [0.5, 0.6) is 0 Å². The number of aromatic nitrogens is 3. The molecule has 7 nitrogen and oxygen atoms in total. The molecule has 0 saturated carbocycles. The van der Waals surface area contributed by atoms with Crippen molar-refractivity contribution in [3.63, 3.8) is 0 Å². The number of nitrogen functional groups attached to an aromatic ring is 1. The largest absolute Gasteiger partial charge is 0.457 e. The fourth-order valence-corrected chi connectivity index (χ4v) is 3.41. The first kappa shape index (κ1) is 17.5. The highest BCUT2D eigenvalue weighted by Gasteiger charge is 2.13. The molecule has 2 aromatic rings. The van der Waals surface area contributed by atoms with E-state index in [2.05, 4.69) is 33.2 Å². The minimum absolute atomic E-state index is 0.0167. The van der Waals surface area contributed by atoms with Crippen molar-refractivity contribution in [2.45, 2.75) is 30.8 Å². The van der Waals surface area contributed by atoms with Crippen molar-refractivity contribution in [3.05, 3.63) is 35.2 Å². The van der Waals surface area contributed by atoms with Crippen LogP contribution < -0.4 is 10.6 Å². The lowest BCUT2D eigenvalue weighted by Gasteiger charge is -2.11. The standard InChI is InChI=1S/C17H21N5O2S/c1-22(2)17-20-14(19-16(18)21-17)9-24-15(23)10-25-13-7-6-11-4-3-5-12(11)8-13/h6-8H,3-5,9-10H2,1-2H3,(H2,18,19,20,21). The van der Waals surface area contributed by atoms with Crippen LogP contribution in [0.3, 0.4) is 0 Å². The van der Waals surface area contributed by atoms with Gasteiger partial charge in [-0.05, 0) is 42.5 Å². The first-order valence-corrected chi connectivity index (χ1v) is 9.08. The van der Waals surface area contributed by atoms with Crippen molar-refractivity contribution in [1.82, 2.24) is 15.0 Å². The molecule has 1 aromatic heterocycles. The lowest BCUT2D eigenvalue weighted by Crippen LogP contribution is -2.17. The van der Waals surface area contributed by atoms with Gasteiger partial charge in [-0.2, -0.15) is 15.0 Å². The second kappa shape index (κ2) is 7.69. The molecule has 0 bridgehead atoms. The maximum Gasteiger partial charge on any atom is 0.316 e. The van der Waals surface area contributed by atoms with E-state index in [-0.39, 0.29) is 24.3 Å². The van der Waals surface area contributed by atoms with E-state index in [0.717, 1.165) is 17.7 Å². The van der Waals surface area contributed by atoms with E-state index < -0.39 is 0 Å². The Labute approximate surface area is 151 Å². The maximum absolute atomic E-state index is 12.0. The fraction of sp³-hybridized carbons (Fsp3) is 0.412. The van der Waals surface area contributed by atoms with Crippen LogP contribution in [-0.2, 0) is 29.0 Å². The third-order valence-corrected chi connectivity index (χ3v) is 4.84. The molecule has 0 fully saturated rings. The lowest BCUT2D eigenvalue weighted by atomic mass is 10.1. The van der Waals surface area contributed by atoms with Gasteiger partial charge in [-0.15, -0.1) is 11.8 Å². The molecule has 1 aliphatic rings. The van der Waals surface area contributed by atoms with Crippen LogP contribution in [0.2, 0.25) is 0 Å². The van der Waals surface area contributed by atoms with Gasteiger partial charge in [0.25, 0.3) is 0 Å². The van der Waals surface area contributed by atoms with E-state index in [0.29, 0.717) is 11.8 Å². The molecule has 1 heterocycles. The Morgan fingerprint density at radius 2 is 2.04 bits per heavy atom. The van der Waals surface area contributed by atoms with E-state index in [4.69, 9.17) is 10.5 Å². The molecule has 3 rings (SSSR count). The minimum atomic E-state index is -0.309. The van der Waals surface area contributed by atoms with E-state index in [9.17, 15) is 4.79 Å². The van der Waals surface area contributed by atoms with Gasteiger partial charge in [-0.25, -0.2) is 0 Å². The van der Waals surface area contributed by atoms with Gasteiger partial charge in [0.1, 0.15) is 0 Å². The van der Waals surface area contributed by atoms with E-state index in [1.54, 1.807) is 19.0 Å². The Morgan fingerprint density at radius 3 is 2.84 bits per heavy atom. The highest BCUT2D eigenvalue weighted by Crippen LogP contribution is 2.27. The third-order valence-electron chi connectivity index (χ3n) is 3.88. The van der Waals surface area contributed by atoms with Crippen molar-refractivity contribution in [2.75, 3.05) is 30.5 Å². The number of esters is 1. The number of nitrogens with zero attached hydrogens (tertiary/aromatic N) is 4. The summed E-state index contributed by atoms with van der Waals surface area (Å²) in [6, 6.07) is 6.40. The summed E-state index contributed by atoms with van der Waals surface area (Å²) >= 11 is 1.48. The summed E-state index contributed by atoms with van der Waals surface area (Å²) in [5, 5.41) is 0. The summed E-state index contributed by atoms with van der Waals surface area (Å²) in [7, 11) is 3.61. The summed E-state index contributed by atoms with van der Waals surface area (Å²) in [6.07, 6.45) is 3.50. The third kappa shape index (κ3) is 4.60. The van der Waals surface area contributed by atoms with Gasteiger partial charge >= 0.3 is 5.97 Å². The summed E-state index contributed by atoms with van der Waals surface area (Å²) in [5.74, 6) is 0.825. The van der Waals surface area contributed by atoms with Crippen molar-refractivity contribution < 1.29 is 9.53 Å². The molecular weight excluding hydrogens is 338 g/mol. The molecule has 0 aliphatic heterocycles. The van der Waals surface area contributed by atoms with Crippen molar-refractivity contribution in [3.8, 4) is 0 Å². The van der Waals surface area contributed by atoms with Crippen LogP contribution in [0.25, 0.3) is 0 Å². The Hall–Kier alpha value is -2.35. The number of nitrogens with two attached hydrogens (primary N) is 1. The summed E-state index contributed by atoms with van der Waals surface area (Å²) in [6.45, 7) is -0.0167. The zero-order chi connectivity index (χ0) is 17.8. The zero-order valence-electron chi connectivity index (χ0n) is 14.4. The van der Waals surface area contributed by atoms with Gasteiger partial charge in [-0.1, -0.05) is 6.07 Å². The Bertz CT molecular complexity index is 782. The van der Waals surface area contributed by atoms with Gasteiger partial charge in [0.15, 0.2) is 12.4 Å². The number of anilines is 2. The molecule has 8 heteroatoms. The summed E-state index contributed by atoms with van der Waals surface area (Å²) in [4.78, 5) is 27.0. The predicted molar refractivity (Wildman–Crippen MR) is 97.6 cm³/mol. The molecule has 132 valence electrons. The molecule has 0 atom stereocenters. The van der Waals surface area contributed by atoms with Crippen LogP contribution in [0, 0.1) is 0 Å². The first-order chi connectivity index (χ1) is 12.0. The quantitative estimate of drug-likeness (QED) is 0.617. The molecule has 0 amide bonds. The normalized spacial score (nSPS) is 12.7. The monoisotopic (exact) mass is 359 g/mol. The summed E-state index contributed by atoms with van der Waals surface area (Å²) in [5.41, 5.74) is 8.47. The average molecular weight is 359 g/mol. The number of rotatable bonds is 6. The molecule has 25 heavy (non-hydrogen) atoms. The minimum Gasteiger partial charge on any atom is -0.457 e. The number of hydrogen-bond acceptors (Lipinski definition) is 8. The number of benzene rings is 1. The van der Waals surface area contributed by atoms with Crippen LogP contribution in [0.4, 0.5) is 11.9 Å². The van der Waals surface area contributed by atoms with Crippen LogP contribution >= 0.6 is 11.8 Å². The van der Waals surface area contributed by atoms with Crippen molar-refractivity contribution >= 4 is 29.6 Å². The van der Waals surface area contributed by atoms with Gasteiger partial charge in [0.2, 0.25) is 11.9 Å². The zero-order valence-corrected chi connectivity index (χ0v) is 15.2. The fourth-order valence-electron chi connectivity index (χ4n) is 2.66. The smallest absolute Gasteiger partial charge is 0.316 e. The predicted octanol–water partition coefficient (Wildman–Crippen LogP) is 1.84. The van der Waals surface area contributed by atoms with E-state index in [1.807, 2.05) is 0 Å². The van der Waals surface area contributed by atoms with E-state index in [1.165, 1.54) is 29.3 Å². The van der Waals surface area contributed by atoms with Crippen molar-refractivity contribution in [2.24, 2.45) is 0 Å². The SMILES string of the molecule is CN(C)c1nc(N)nc(COC(=O)CSc2ccc3c(c2)CCC3)n1. The number of fused-ring (bicyclic) bond motifs is 1. The topological polar surface area (TPSA) is 94.2 Å². The molecule has 1 aromatic carbocycles. The highest BCUT2D eigenvalue weighted by molar-refractivity contribution is 8.00. The van der Waals surface area contributed by atoms with Crippen LogP contribution in [0.1, 0.15) is 23.4 Å². The second-order valence-corrected chi connectivity index (χ2v) is 7.09. The maximum atomic E-state index is 12.0. The molecule has 0 radical (unpaired) electrons. The first-order valence-electron chi connectivity index (χ1n) is 8.09. The van der Waals surface area contributed by atoms with Gasteiger partial charge in [0.05, 0.1) is 5.75 Å².